The summed E-state index contributed by atoms with van der Waals surface area (Å²) in [7, 11) is 1.61. The summed E-state index contributed by atoms with van der Waals surface area (Å²) in [6, 6.07) is 3.75. The lowest BCUT2D eigenvalue weighted by Gasteiger charge is -2.19. The monoisotopic (exact) mass is 244 g/mol. The first-order valence-corrected chi connectivity index (χ1v) is 5.62. The molecule has 0 aliphatic rings. The highest BCUT2D eigenvalue weighted by Crippen LogP contribution is 2.28. The maximum absolute atomic E-state index is 5.66. The SMILES string of the molecule is COc1cnccc1C(NN)c1cncc(C)c1. The molecule has 0 radical (unpaired) electrons. The normalized spacial score (nSPS) is 12.2. The molecule has 5 heteroatoms. The number of nitrogens with one attached hydrogen (secondary N) is 1. The van der Waals surface area contributed by atoms with Crippen LogP contribution in [-0.4, -0.2) is 17.1 Å². The largest absolute Gasteiger partial charge is 0.495 e. The van der Waals surface area contributed by atoms with Crippen molar-refractivity contribution in [1.82, 2.24) is 15.4 Å². The fraction of sp³-hybridized carbons (Fsp3) is 0.231. The summed E-state index contributed by atoms with van der Waals surface area (Å²) in [5.74, 6) is 6.35. The van der Waals surface area contributed by atoms with Crippen LogP contribution in [0, 0.1) is 6.92 Å². The van der Waals surface area contributed by atoms with Gasteiger partial charge in [-0.1, -0.05) is 6.07 Å². The third-order valence-corrected chi connectivity index (χ3v) is 2.74. The lowest BCUT2D eigenvalue weighted by molar-refractivity contribution is 0.402. The van der Waals surface area contributed by atoms with Gasteiger partial charge in [-0.05, 0) is 24.1 Å². The van der Waals surface area contributed by atoms with Crippen LogP contribution >= 0.6 is 0 Å². The number of hydrogen-bond donors (Lipinski definition) is 2. The highest BCUT2D eigenvalue weighted by atomic mass is 16.5. The summed E-state index contributed by atoms with van der Waals surface area (Å²) in [5, 5.41) is 0. The Bertz CT molecular complexity index is 530. The molecule has 2 aromatic rings. The third-order valence-electron chi connectivity index (χ3n) is 2.74. The van der Waals surface area contributed by atoms with E-state index in [0.29, 0.717) is 5.75 Å². The van der Waals surface area contributed by atoms with E-state index in [1.807, 2.05) is 19.1 Å². The van der Waals surface area contributed by atoms with E-state index in [1.165, 1.54) is 0 Å². The van der Waals surface area contributed by atoms with Crippen molar-refractivity contribution >= 4 is 0 Å². The van der Waals surface area contributed by atoms with Gasteiger partial charge in [-0.15, -0.1) is 0 Å². The minimum atomic E-state index is -0.171. The first kappa shape index (κ1) is 12.5. The van der Waals surface area contributed by atoms with Crippen LogP contribution < -0.4 is 16.0 Å². The predicted octanol–water partition coefficient (Wildman–Crippen LogP) is 1.35. The van der Waals surface area contributed by atoms with Gasteiger partial charge in [0.2, 0.25) is 0 Å². The molecule has 1 atom stereocenters. The van der Waals surface area contributed by atoms with E-state index in [9.17, 15) is 0 Å². The van der Waals surface area contributed by atoms with Crippen LogP contribution in [0.5, 0.6) is 5.75 Å². The molecule has 5 nitrogen and oxygen atoms in total. The van der Waals surface area contributed by atoms with Gasteiger partial charge in [0.15, 0.2) is 0 Å². The smallest absolute Gasteiger partial charge is 0.142 e. The number of nitrogens with zero attached hydrogens (tertiary/aromatic N) is 2. The summed E-state index contributed by atoms with van der Waals surface area (Å²) >= 11 is 0. The number of hydrazine groups is 1. The van der Waals surface area contributed by atoms with Crippen molar-refractivity contribution in [2.24, 2.45) is 5.84 Å². The van der Waals surface area contributed by atoms with Crippen LogP contribution in [0.15, 0.2) is 36.9 Å². The first-order chi connectivity index (χ1) is 8.76. The minimum Gasteiger partial charge on any atom is -0.495 e. The van der Waals surface area contributed by atoms with Crippen LogP contribution in [0.3, 0.4) is 0 Å². The zero-order chi connectivity index (χ0) is 13.0. The molecule has 0 aliphatic heterocycles. The Hall–Kier alpha value is -1.98. The summed E-state index contributed by atoms with van der Waals surface area (Å²) in [5.41, 5.74) is 5.79. The average molecular weight is 244 g/mol. The molecular weight excluding hydrogens is 228 g/mol. The summed E-state index contributed by atoms with van der Waals surface area (Å²) in [6.45, 7) is 1.99. The van der Waals surface area contributed by atoms with Crippen LogP contribution in [-0.2, 0) is 0 Å². The molecule has 1 unspecified atom stereocenters. The van der Waals surface area contributed by atoms with Crippen molar-refractivity contribution in [3.8, 4) is 5.75 Å². The summed E-state index contributed by atoms with van der Waals surface area (Å²) in [4.78, 5) is 8.22. The lowest BCUT2D eigenvalue weighted by atomic mass is 10.00. The molecule has 2 rings (SSSR count). The van der Waals surface area contributed by atoms with Crippen molar-refractivity contribution in [2.75, 3.05) is 7.11 Å². The summed E-state index contributed by atoms with van der Waals surface area (Å²) in [6.07, 6.45) is 6.98. The molecule has 0 saturated heterocycles. The van der Waals surface area contributed by atoms with Gasteiger partial charge in [0.1, 0.15) is 5.75 Å². The van der Waals surface area contributed by atoms with E-state index < -0.39 is 0 Å². The number of hydrogen-bond acceptors (Lipinski definition) is 5. The van der Waals surface area contributed by atoms with E-state index >= 15 is 0 Å². The minimum absolute atomic E-state index is 0.171. The van der Waals surface area contributed by atoms with E-state index in [0.717, 1.165) is 16.7 Å². The van der Waals surface area contributed by atoms with Gasteiger partial charge >= 0.3 is 0 Å². The molecule has 2 aromatic heterocycles. The molecule has 0 fully saturated rings. The standard InChI is InChI=1S/C13H16N4O/c1-9-5-10(7-16-6-9)13(17-14)11-3-4-15-8-12(11)18-2/h3-8,13,17H,14H2,1-2H3. The number of nitrogens with two attached hydrogens (primary N) is 1. The maximum Gasteiger partial charge on any atom is 0.142 e. The quantitative estimate of drug-likeness (QED) is 0.627. The van der Waals surface area contributed by atoms with Crippen LogP contribution in [0.25, 0.3) is 0 Å². The van der Waals surface area contributed by atoms with E-state index in [1.54, 1.807) is 31.9 Å². The second-order valence-corrected chi connectivity index (χ2v) is 4.01. The molecule has 0 aliphatic carbocycles. The van der Waals surface area contributed by atoms with Crippen LogP contribution in [0.4, 0.5) is 0 Å². The Morgan fingerprint density at radius 1 is 1.28 bits per heavy atom. The topological polar surface area (TPSA) is 73.1 Å². The van der Waals surface area contributed by atoms with Gasteiger partial charge in [-0.2, -0.15) is 0 Å². The van der Waals surface area contributed by atoms with Crippen LogP contribution in [0.2, 0.25) is 0 Å². The molecule has 0 bridgehead atoms. The van der Waals surface area contributed by atoms with Gasteiger partial charge < -0.3 is 4.74 Å². The molecule has 2 heterocycles. The predicted molar refractivity (Wildman–Crippen MR) is 68.9 cm³/mol. The van der Waals surface area contributed by atoms with Crippen molar-refractivity contribution in [2.45, 2.75) is 13.0 Å². The van der Waals surface area contributed by atoms with E-state index in [2.05, 4.69) is 15.4 Å². The number of aryl methyl sites for hydroxylation is 1. The molecule has 3 N–H and O–H groups in total. The average Bonchev–Trinajstić information content (AvgIpc) is 2.40. The highest BCUT2D eigenvalue weighted by molar-refractivity contribution is 5.39. The Balaban J connectivity index is 2.45. The molecular formula is C13H16N4O. The van der Waals surface area contributed by atoms with Crippen molar-refractivity contribution in [3.05, 3.63) is 53.6 Å². The number of pyridine rings is 2. The highest BCUT2D eigenvalue weighted by Gasteiger charge is 2.17. The fourth-order valence-corrected chi connectivity index (χ4v) is 1.90. The van der Waals surface area contributed by atoms with E-state index in [-0.39, 0.29) is 6.04 Å². The Morgan fingerprint density at radius 3 is 2.78 bits per heavy atom. The molecule has 0 saturated carbocycles. The van der Waals surface area contributed by atoms with E-state index in [4.69, 9.17) is 10.6 Å². The number of rotatable bonds is 4. The third kappa shape index (κ3) is 2.47. The maximum atomic E-state index is 5.66. The van der Waals surface area contributed by atoms with Gasteiger partial charge in [-0.25, -0.2) is 5.43 Å². The van der Waals surface area contributed by atoms with Crippen molar-refractivity contribution in [1.29, 1.82) is 0 Å². The molecule has 0 aromatic carbocycles. The summed E-state index contributed by atoms with van der Waals surface area (Å²) < 4.78 is 5.30. The molecule has 0 amide bonds. The molecule has 18 heavy (non-hydrogen) atoms. The number of aromatic nitrogens is 2. The number of ether oxygens (including phenoxy) is 1. The Morgan fingerprint density at radius 2 is 2.11 bits per heavy atom. The second kappa shape index (κ2) is 5.57. The number of methoxy groups -OCH3 is 1. The van der Waals surface area contributed by atoms with Crippen molar-refractivity contribution < 1.29 is 4.74 Å². The lowest BCUT2D eigenvalue weighted by Crippen LogP contribution is -2.29. The Kier molecular flexibility index (Phi) is 3.86. The molecule has 0 spiro atoms. The first-order valence-electron chi connectivity index (χ1n) is 5.62. The zero-order valence-electron chi connectivity index (χ0n) is 10.4. The van der Waals surface area contributed by atoms with Gasteiger partial charge in [0, 0.05) is 24.2 Å². The zero-order valence-corrected chi connectivity index (χ0v) is 10.4. The van der Waals surface area contributed by atoms with Gasteiger partial charge in [-0.3, -0.25) is 15.8 Å². The van der Waals surface area contributed by atoms with Crippen LogP contribution in [0.1, 0.15) is 22.7 Å². The van der Waals surface area contributed by atoms with Gasteiger partial charge in [0.25, 0.3) is 0 Å². The Labute approximate surface area is 106 Å². The fourth-order valence-electron chi connectivity index (χ4n) is 1.90. The van der Waals surface area contributed by atoms with Gasteiger partial charge in [0.05, 0.1) is 19.3 Å². The molecule has 94 valence electrons. The second-order valence-electron chi connectivity index (χ2n) is 4.01. The van der Waals surface area contributed by atoms with Crippen molar-refractivity contribution in [3.63, 3.8) is 0 Å².